The monoisotopic (exact) mass is 1080 g/mol. The van der Waals surface area contributed by atoms with Crippen LogP contribution in [-0.2, 0) is 11.8 Å². The van der Waals surface area contributed by atoms with Gasteiger partial charge in [-0.2, -0.15) is 13.2 Å². The van der Waals surface area contributed by atoms with E-state index in [1.807, 2.05) is 24.3 Å². The van der Waals surface area contributed by atoms with Crippen molar-refractivity contribution in [1.82, 2.24) is 9.13 Å². The SMILES string of the molecule is CC(C)(F)c1ccc(-c2c3ccc(-n4c5ccc([Si](C)(C)C)cc5c5cc([Si](C)(C)C)ccc54)cc3c(-c3ccc(C(F)(F)F)cc3)c3ccc(-n4c5ccc([Si](C)(C)C)cc5c5cc([Si](C)(C)C)ccc54)cc23)cc1. The molecule has 0 N–H and O–H groups in total. The van der Waals surface area contributed by atoms with Crippen molar-refractivity contribution in [2.75, 3.05) is 0 Å². The summed E-state index contributed by atoms with van der Waals surface area (Å²) < 4.78 is 63.5. The maximum Gasteiger partial charge on any atom is 0.416 e. The van der Waals surface area contributed by atoms with Gasteiger partial charge in [-0.15, -0.1) is 0 Å². The molecular formula is C66H68F4N2Si4. The van der Waals surface area contributed by atoms with Crippen LogP contribution in [0.1, 0.15) is 25.0 Å². The minimum absolute atomic E-state index is 0.579. The maximum atomic E-state index is 15.6. The highest BCUT2D eigenvalue weighted by Gasteiger charge is 2.31. The minimum Gasteiger partial charge on any atom is -0.309 e. The molecule has 76 heavy (non-hydrogen) atoms. The van der Waals surface area contributed by atoms with E-state index in [4.69, 9.17) is 0 Å². The summed E-state index contributed by atoms with van der Waals surface area (Å²) in [6.45, 7) is 31.9. The Labute approximate surface area is 449 Å². The Hall–Kier alpha value is -6.31. The number of alkyl halides is 4. The van der Waals surface area contributed by atoms with Gasteiger partial charge in [0.1, 0.15) is 5.67 Å². The zero-order chi connectivity index (χ0) is 54.4. The van der Waals surface area contributed by atoms with Crippen LogP contribution in [0.2, 0.25) is 78.6 Å². The maximum absolute atomic E-state index is 15.6. The van der Waals surface area contributed by atoms with Crippen LogP contribution >= 0.6 is 0 Å². The third kappa shape index (κ3) is 8.92. The molecule has 0 saturated heterocycles. The Morgan fingerprint density at radius 3 is 0.855 bits per heavy atom. The van der Waals surface area contributed by atoms with Gasteiger partial charge in [0.2, 0.25) is 0 Å². The van der Waals surface area contributed by atoms with Gasteiger partial charge < -0.3 is 9.13 Å². The van der Waals surface area contributed by atoms with E-state index < -0.39 is 49.7 Å². The number of hydrogen-bond donors (Lipinski definition) is 0. The first-order valence-electron chi connectivity index (χ1n) is 26.7. The summed E-state index contributed by atoms with van der Waals surface area (Å²) in [6.07, 6.45) is -4.50. The van der Waals surface area contributed by atoms with Crippen LogP contribution in [0.15, 0.2) is 158 Å². The summed E-state index contributed by atoms with van der Waals surface area (Å²) in [4.78, 5) is 0. The van der Waals surface area contributed by atoms with Gasteiger partial charge in [-0.05, 0) is 124 Å². The zero-order valence-corrected chi connectivity index (χ0v) is 50.4. The van der Waals surface area contributed by atoms with Crippen LogP contribution in [0.4, 0.5) is 17.6 Å². The van der Waals surface area contributed by atoms with Crippen molar-refractivity contribution in [3.05, 3.63) is 169 Å². The molecule has 10 heteroatoms. The lowest BCUT2D eigenvalue weighted by molar-refractivity contribution is -0.137. The van der Waals surface area contributed by atoms with Crippen molar-refractivity contribution >= 4 is 118 Å². The van der Waals surface area contributed by atoms with Gasteiger partial charge in [0.15, 0.2) is 0 Å². The first-order valence-corrected chi connectivity index (χ1v) is 40.7. The molecule has 2 aromatic heterocycles. The van der Waals surface area contributed by atoms with Gasteiger partial charge >= 0.3 is 6.18 Å². The predicted octanol–water partition coefficient (Wildman–Crippen LogP) is 17.9. The summed E-state index contributed by atoms with van der Waals surface area (Å²) >= 11 is 0. The summed E-state index contributed by atoms with van der Waals surface area (Å²) in [5.74, 6) is 0. The van der Waals surface area contributed by atoms with E-state index in [2.05, 4.69) is 197 Å². The molecule has 0 bridgehead atoms. The van der Waals surface area contributed by atoms with Gasteiger partial charge in [-0.3, -0.25) is 0 Å². The van der Waals surface area contributed by atoms with Gasteiger partial charge in [-0.1, -0.05) is 196 Å². The zero-order valence-electron chi connectivity index (χ0n) is 46.4. The Kier molecular flexibility index (Phi) is 12.0. The third-order valence-electron chi connectivity index (χ3n) is 16.0. The fourth-order valence-electron chi connectivity index (χ4n) is 11.4. The molecule has 0 aliphatic carbocycles. The van der Waals surface area contributed by atoms with Crippen LogP contribution in [-0.4, -0.2) is 41.4 Å². The molecule has 0 atom stereocenters. The first-order chi connectivity index (χ1) is 35.5. The van der Waals surface area contributed by atoms with Crippen LogP contribution in [0.3, 0.4) is 0 Å². The van der Waals surface area contributed by atoms with E-state index in [-0.39, 0.29) is 0 Å². The molecular weight excluding hydrogens is 1010 g/mol. The van der Waals surface area contributed by atoms with E-state index in [1.165, 1.54) is 54.4 Å². The summed E-state index contributed by atoms with van der Waals surface area (Å²) in [5.41, 5.74) is 8.15. The molecule has 11 aromatic rings. The van der Waals surface area contributed by atoms with Gasteiger partial charge in [0.05, 0.1) is 59.9 Å². The summed E-state index contributed by atoms with van der Waals surface area (Å²) in [7, 11) is -6.76. The van der Waals surface area contributed by atoms with Crippen LogP contribution < -0.4 is 20.7 Å². The molecule has 0 unspecified atom stereocenters. The Morgan fingerprint density at radius 1 is 0.303 bits per heavy atom. The van der Waals surface area contributed by atoms with E-state index in [9.17, 15) is 13.2 Å². The number of fused-ring (bicyclic) bond motifs is 8. The fourth-order valence-corrected chi connectivity index (χ4v) is 16.1. The Bertz CT molecular complexity index is 3740. The van der Waals surface area contributed by atoms with Crippen LogP contribution in [0, 0.1) is 0 Å². The van der Waals surface area contributed by atoms with Crippen molar-refractivity contribution in [3.63, 3.8) is 0 Å². The molecule has 2 nitrogen and oxygen atoms in total. The molecule has 2 heterocycles. The number of rotatable bonds is 9. The average molecular weight is 1080 g/mol. The second-order valence-electron chi connectivity index (χ2n) is 25.9. The van der Waals surface area contributed by atoms with Gasteiger partial charge in [0.25, 0.3) is 0 Å². The normalized spacial score (nSPS) is 13.4. The second-order valence-corrected chi connectivity index (χ2v) is 46.2. The highest BCUT2D eigenvalue weighted by atomic mass is 28.3. The smallest absolute Gasteiger partial charge is 0.309 e. The van der Waals surface area contributed by atoms with Crippen molar-refractivity contribution in [2.45, 2.75) is 104 Å². The Morgan fingerprint density at radius 2 is 0.592 bits per heavy atom. The van der Waals surface area contributed by atoms with E-state index in [0.29, 0.717) is 11.1 Å². The quantitative estimate of drug-likeness (QED) is 0.0774. The van der Waals surface area contributed by atoms with Crippen molar-refractivity contribution in [2.24, 2.45) is 0 Å². The van der Waals surface area contributed by atoms with Crippen LogP contribution in [0.5, 0.6) is 0 Å². The average Bonchev–Trinajstić information content (AvgIpc) is 3.99. The van der Waals surface area contributed by atoms with Crippen molar-refractivity contribution in [1.29, 1.82) is 0 Å². The van der Waals surface area contributed by atoms with E-state index >= 15 is 4.39 Å². The molecule has 0 aliphatic heterocycles. The topological polar surface area (TPSA) is 9.86 Å². The molecule has 0 radical (unpaired) electrons. The predicted molar refractivity (Wildman–Crippen MR) is 332 cm³/mol. The number of halogens is 4. The first kappa shape index (κ1) is 51.8. The number of hydrogen-bond acceptors (Lipinski definition) is 0. The molecule has 0 fully saturated rings. The van der Waals surface area contributed by atoms with Gasteiger partial charge in [-0.25, -0.2) is 4.39 Å². The molecule has 11 rings (SSSR count). The number of benzene rings is 9. The third-order valence-corrected chi connectivity index (χ3v) is 24.1. The molecule has 0 saturated carbocycles. The van der Waals surface area contributed by atoms with Crippen molar-refractivity contribution < 1.29 is 17.6 Å². The minimum atomic E-state index is -4.50. The molecule has 386 valence electrons. The highest BCUT2D eigenvalue weighted by molar-refractivity contribution is 6.90. The largest absolute Gasteiger partial charge is 0.416 e. The number of aromatic nitrogens is 2. The lowest BCUT2D eigenvalue weighted by Crippen LogP contribution is -2.37. The highest BCUT2D eigenvalue weighted by Crippen LogP contribution is 2.47. The van der Waals surface area contributed by atoms with Gasteiger partial charge in [0, 0.05) is 32.9 Å². The molecule has 9 aromatic carbocycles. The second kappa shape index (κ2) is 17.6. The molecule has 0 aliphatic rings. The van der Waals surface area contributed by atoms with Crippen LogP contribution in [0.25, 0.3) is 98.8 Å². The van der Waals surface area contributed by atoms with E-state index in [1.54, 1.807) is 26.0 Å². The summed E-state index contributed by atoms with van der Waals surface area (Å²) in [6, 6.07) is 54.8. The molecule has 0 spiro atoms. The summed E-state index contributed by atoms with van der Waals surface area (Å²) in [5, 5.41) is 14.2. The van der Waals surface area contributed by atoms with Crippen molar-refractivity contribution in [3.8, 4) is 33.6 Å². The molecule has 0 amide bonds. The lowest BCUT2D eigenvalue weighted by Gasteiger charge is -2.22. The Balaban J connectivity index is 1.26. The van der Waals surface area contributed by atoms with E-state index in [0.717, 1.165) is 71.7 Å². The lowest BCUT2D eigenvalue weighted by atomic mass is 9.85. The standard InChI is InChI=1S/C66H68F4N2Si4/c1-65(2,67)43-19-15-41(16-20-43)63-51-29-23-46(72-61-33-27-49(75(9,10)11)39-55(61)56-40-50(76(12,13)14)28-34-62(56)72)36-58(51)64(42-17-21-44(22-18-42)66(68,69)70)52-30-24-45(35-57(52)63)71-59-31-25-47(73(3,4)5)37-53(59)54-38-48(74(6,7)8)26-32-60(54)71/h15-40H,1-14H3. The number of nitrogens with zero attached hydrogens (tertiary/aromatic N) is 2. The fraction of sp³-hybridized carbons (Fsp3) is 0.242.